The van der Waals surface area contributed by atoms with Crippen LogP contribution in [0.2, 0.25) is 0 Å². The van der Waals surface area contributed by atoms with E-state index in [-0.39, 0.29) is 17.7 Å². The third-order valence-corrected chi connectivity index (χ3v) is 4.70. The summed E-state index contributed by atoms with van der Waals surface area (Å²) in [4.78, 5) is 25.7. The topological polar surface area (TPSA) is 67.4 Å². The lowest BCUT2D eigenvalue weighted by molar-refractivity contribution is -0.117. The van der Waals surface area contributed by atoms with Crippen molar-refractivity contribution in [3.8, 4) is 5.75 Å². The fraction of sp³-hybridized carbons (Fsp3) is 0.167. The molecule has 3 rings (SSSR count). The molecule has 0 heterocycles. The molecule has 2 N–H and O–H groups in total. The van der Waals surface area contributed by atoms with Crippen molar-refractivity contribution in [1.82, 2.24) is 0 Å². The molecule has 0 fully saturated rings. The van der Waals surface area contributed by atoms with Gasteiger partial charge in [0.05, 0.1) is 24.3 Å². The highest BCUT2D eigenvalue weighted by Crippen LogP contribution is 2.24. The van der Waals surface area contributed by atoms with Gasteiger partial charge in [0.25, 0.3) is 5.91 Å². The van der Waals surface area contributed by atoms with Crippen LogP contribution in [0.3, 0.4) is 0 Å². The fourth-order valence-electron chi connectivity index (χ4n) is 3.14. The smallest absolute Gasteiger partial charge is 0.257 e. The summed E-state index contributed by atoms with van der Waals surface area (Å²) in [6.07, 6.45) is 0.663. The number of methoxy groups -OCH3 is 1. The number of rotatable bonds is 7. The van der Waals surface area contributed by atoms with E-state index in [2.05, 4.69) is 10.6 Å². The van der Waals surface area contributed by atoms with Gasteiger partial charge in [-0.1, -0.05) is 49.4 Å². The number of ether oxygens (including phenoxy) is 1. The molecule has 29 heavy (non-hydrogen) atoms. The molecule has 3 aromatic rings. The number of benzene rings is 3. The van der Waals surface area contributed by atoms with Crippen LogP contribution in [0.5, 0.6) is 5.75 Å². The summed E-state index contributed by atoms with van der Waals surface area (Å²) < 4.78 is 5.13. The number of amides is 2. The average molecular weight is 388 g/mol. The van der Waals surface area contributed by atoms with Crippen LogP contribution >= 0.6 is 0 Å². The van der Waals surface area contributed by atoms with Gasteiger partial charge < -0.3 is 15.4 Å². The lowest BCUT2D eigenvalue weighted by Gasteiger charge is -2.17. The summed E-state index contributed by atoms with van der Waals surface area (Å²) in [6.45, 7) is 1.97. The molecule has 0 radical (unpaired) electrons. The number of para-hydroxylation sites is 1. The Hall–Kier alpha value is -3.60. The van der Waals surface area contributed by atoms with Crippen LogP contribution in [0, 0.1) is 0 Å². The Morgan fingerprint density at radius 1 is 0.862 bits per heavy atom. The van der Waals surface area contributed by atoms with Gasteiger partial charge in [0.15, 0.2) is 0 Å². The lowest BCUT2D eigenvalue weighted by Crippen LogP contribution is -2.23. The van der Waals surface area contributed by atoms with E-state index < -0.39 is 0 Å². The van der Waals surface area contributed by atoms with Crippen molar-refractivity contribution >= 4 is 23.2 Å². The number of carbonyl (C=O) groups is 2. The fourth-order valence-corrected chi connectivity index (χ4v) is 3.14. The zero-order valence-corrected chi connectivity index (χ0v) is 16.5. The molecule has 5 heteroatoms. The van der Waals surface area contributed by atoms with Crippen molar-refractivity contribution < 1.29 is 14.3 Å². The molecule has 148 valence electrons. The molecule has 0 aliphatic carbocycles. The molecule has 0 bridgehead atoms. The van der Waals surface area contributed by atoms with Crippen molar-refractivity contribution in [3.63, 3.8) is 0 Å². The standard InChI is InChI=1S/C24H24N2O3/c1-3-20(17-9-5-4-6-10-17)23(27)26-22-12-8-7-11-21(22)24(28)25-18-13-15-19(29-2)16-14-18/h4-16,20H,3H2,1-2H3,(H,25,28)(H,26,27). The van der Waals surface area contributed by atoms with Gasteiger partial charge >= 0.3 is 0 Å². The number of anilines is 2. The monoisotopic (exact) mass is 388 g/mol. The Kier molecular flexibility index (Phi) is 6.63. The van der Waals surface area contributed by atoms with Crippen LogP contribution in [0.25, 0.3) is 0 Å². The third kappa shape index (κ3) is 5.02. The number of nitrogens with one attached hydrogen (secondary N) is 2. The first-order chi connectivity index (χ1) is 14.1. The second kappa shape index (κ2) is 9.55. The van der Waals surface area contributed by atoms with E-state index in [1.54, 1.807) is 55.6 Å². The summed E-state index contributed by atoms with van der Waals surface area (Å²) in [5.74, 6) is -0.00156. The maximum atomic E-state index is 12.9. The van der Waals surface area contributed by atoms with Crippen molar-refractivity contribution in [1.29, 1.82) is 0 Å². The Labute approximate surface area is 170 Å². The first kappa shape index (κ1) is 20.1. The summed E-state index contributed by atoms with van der Waals surface area (Å²) in [6, 6.07) is 23.7. The lowest BCUT2D eigenvalue weighted by atomic mass is 9.95. The largest absolute Gasteiger partial charge is 0.497 e. The Balaban J connectivity index is 1.77. The molecule has 1 atom stereocenters. The maximum absolute atomic E-state index is 12.9. The van der Waals surface area contributed by atoms with Crippen LogP contribution in [-0.2, 0) is 4.79 Å². The van der Waals surface area contributed by atoms with Gasteiger partial charge in [-0.15, -0.1) is 0 Å². The summed E-state index contributed by atoms with van der Waals surface area (Å²) >= 11 is 0. The van der Waals surface area contributed by atoms with E-state index in [0.717, 1.165) is 5.56 Å². The molecule has 0 aromatic heterocycles. The normalized spacial score (nSPS) is 11.4. The first-order valence-electron chi connectivity index (χ1n) is 9.52. The van der Waals surface area contributed by atoms with Gasteiger partial charge in [0, 0.05) is 5.69 Å². The van der Waals surface area contributed by atoms with Crippen LogP contribution < -0.4 is 15.4 Å². The molecule has 0 saturated heterocycles. The van der Waals surface area contributed by atoms with Crippen molar-refractivity contribution in [3.05, 3.63) is 90.0 Å². The van der Waals surface area contributed by atoms with Crippen molar-refractivity contribution in [2.24, 2.45) is 0 Å². The zero-order valence-electron chi connectivity index (χ0n) is 16.5. The molecule has 3 aromatic carbocycles. The van der Waals surface area contributed by atoms with Gasteiger partial charge in [-0.25, -0.2) is 0 Å². The van der Waals surface area contributed by atoms with Crippen LogP contribution in [0.15, 0.2) is 78.9 Å². The minimum absolute atomic E-state index is 0.136. The zero-order chi connectivity index (χ0) is 20.6. The average Bonchev–Trinajstić information content (AvgIpc) is 2.76. The molecule has 0 aliphatic rings. The molecule has 0 spiro atoms. The van der Waals surface area contributed by atoms with Crippen LogP contribution in [-0.4, -0.2) is 18.9 Å². The SMILES string of the molecule is CCC(C(=O)Nc1ccccc1C(=O)Nc1ccc(OC)cc1)c1ccccc1. The van der Waals surface area contributed by atoms with Crippen LogP contribution in [0.4, 0.5) is 11.4 Å². The molecule has 0 aliphatic heterocycles. The highest BCUT2D eigenvalue weighted by molar-refractivity contribution is 6.10. The van der Waals surface area contributed by atoms with Gasteiger partial charge in [-0.05, 0) is 48.4 Å². The van der Waals surface area contributed by atoms with Gasteiger partial charge in [0.1, 0.15) is 5.75 Å². The predicted molar refractivity (Wildman–Crippen MR) is 115 cm³/mol. The van der Waals surface area contributed by atoms with E-state index >= 15 is 0 Å². The van der Waals surface area contributed by atoms with E-state index in [0.29, 0.717) is 29.1 Å². The molecule has 0 saturated carbocycles. The highest BCUT2D eigenvalue weighted by Gasteiger charge is 2.20. The Morgan fingerprint density at radius 2 is 1.52 bits per heavy atom. The van der Waals surface area contributed by atoms with Crippen molar-refractivity contribution in [2.45, 2.75) is 19.3 Å². The molecule has 1 unspecified atom stereocenters. The number of hydrogen-bond donors (Lipinski definition) is 2. The summed E-state index contributed by atoms with van der Waals surface area (Å²) in [7, 11) is 1.59. The van der Waals surface area contributed by atoms with Crippen molar-refractivity contribution in [2.75, 3.05) is 17.7 Å². The molecule has 2 amide bonds. The van der Waals surface area contributed by atoms with Gasteiger partial charge in [-0.2, -0.15) is 0 Å². The van der Waals surface area contributed by atoms with E-state index in [1.165, 1.54) is 0 Å². The minimum Gasteiger partial charge on any atom is -0.497 e. The Morgan fingerprint density at radius 3 is 2.17 bits per heavy atom. The van der Waals surface area contributed by atoms with E-state index in [1.807, 2.05) is 37.3 Å². The second-order valence-electron chi connectivity index (χ2n) is 6.59. The molecule has 5 nitrogen and oxygen atoms in total. The molecular weight excluding hydrogens is 364 g/mol. The predicted octanol–water partition coefficient (Wildman–Crippen LogP) is 5.08. The molecular formula is C24H24N2O3. The van der Waals surface area contributed by atoms with Gasteiger partial charge in [0.2, 0.25) is 5.91 Å². The third-order valence-electron chi connectivity index (χ3n) is 4.70. The number of carbonyl (C=O) groups excluding carboxylic acids is 2. The van der Waals surface area contributed by atoms with E-state index in [9.17, 15) is 9.59 Å². The first-order valence-corrected chi connectivity index (χ1v) is 9.52. The van der Waals surface area contributed by atoms with Gasteiger partial charge in [-0.3, -0.25) is 9.59 Å². The summed E-state index contributed by atoms with van der Waals surface area (Å²) in [5.41, 5.74) is 2.48. The van der Waals surface area contributed by atoms with E-state index in [4.69, 9.17) is 4.74 Å². The summed E-state index contributed by atoms with van der Waals surface area (Å²) in [5, 5.41) is 5.78. The highest BCUT2D eigenvalue weighted by atomic mass is 16.5. The quantitative estimate of drug-likeness (QED) is 0.593. The Bertz CT molecular complexity index is 969. The maximum Gasteiger partial charge on any atom is 0.257 e. The number of hydrogen-bond acceptors (Lipinski definition) is 3. The minimum atomic E-state index is -0.293. The second-order valence-corrected chi connectivity index (χ2v) is 6.59. The van der Waals surface area contributed by atoms with Crippen LogP contribution in [0.1, 0.15) is 35.2 Å².